The summed E-state index contributed by atoms with van der Waals surface area (Å²) in [6, 6.07) is 0.999. The number of hydrogen-bond acceptors (Lipinski definition) is 6. The van der Waals surface area contributed by atoms with Crippen LogP contribution < -0.4 is 4.90 Å². The van der Waals surface area contributed by atoms with Crippen molar-refractivity contribution in [1.82, 2.24) is 20.0 Å². The van der Waals surface area contributed by atoms with Crippen LogP contribution in [0.2, 0.25) is 0 Å². The highest BCUT2D eigenvalue weighted by Gasteiger charge is 2.46. The molecule has 10 heteroatoms. The molecule has 0 N–H and O–H groups in total. The number of nitrogens with zero attached hydrogens (tertiary/aromatic N) is 5. The smallest absolute Gasteiger partial charge is 0.361 e. The summed E-state index contributed by atoms with van der Waals surface area (Å²) in [6.07, 6.45) is -0.0782. The molecule has 2 aromatic rings. The summed E-state index contributed by atoms with van der Waals surface area (Å²) >= 11 is 0. The normalized spacial score (nSPS) is 22.8. The van der Waals surface area contributed by atoms with Crippen LogP contribution >= 0.6 is 0 Å². The first-order valence-corrected chi connectivity index (χ1v) is 10.1. The van der Waals surface area contributed by atoms with Gasteiger partial charge < -0.3 is 14.3 Å². The van der Waals surface area contributed by atoms with Gasteiger partial charge in [-0.2, -0.15) is 13.2 Å². The third kappa shape index (κ3) is 3.75. The fourth-order valence-electron chi connectivity index (χ4n) is 4.62. The number of halogens is 3. The maximum absolute atomic E-state index is 13.0. The van der Waals surface area contributed by atoms with Crippen molar-refractivity contribution in [3.05, 3.63) is 35.1 Å². The molecule has 4 heterocycles. The number of amides is 1. The summed E-state index contributed by atoms with van der Waals surface area (Å²) < 4.78 is 44.3. The van der Waals surface area contributed by atoms with Crippen LogP contribution in [0.1, 0.15) is 54.8 Å². The summed E-state index contributed by atoms with van der Waals surface area (Å²) in [6.45, 7) is 5.26. The molecule has 1 amide bonds. The summed E-state index contributed by atoms with van der Waals surface area (Å²) in [5, 5.41) is 3.99. The molecule has 0 radical (unpaired) electrons. The monoisotopic (exact) mass is 423 g/mol. The first-order chi connectivity index (χ1) is 14.2. The molecular weight excluding hydrogens is 399 g/mol. The Morgan fingerprint density at radius 3 is 2.67 bits per heavy atom. The van der Waals surface area contributed by atoms with Crippen LogP contribution in [0.25, 0.3) is 0 Å². The van der Waals surface area contributed by atoms with Crippen molar-refractivity contribution in [3.8, 4) is 0 Å². The number of carbonyl (C=O) groups excluding carboxylic acids is 1. The van der Waals surface area contributed by atoms with Crippen molar-refractivity contribution in [1.29, 1.82) is 0 Å². The van der Waals surface area contributed by atoms with Gasteiger partial charge in [-0.15, -0.1) is 0 Å². The van der Waals surface area contributed by atoms with E-state index in [9.17, 15) is 18.0 Å². The van der Waals surface area contributed by atoms with Crippen LogP contribution in [0, 0.1) is 13.8 Å². The topological polar surface area (TPSA) is 75.4 Å². The highest BCUT2D eigenvalue weighted by molar-refractivity contribution is 5.79. The summed E-state index contributed by atoms with van der Waals surface area (Å²) in [7, 11) is 0. The van der Waals surface area contributed by atoms with Gasteiger partial charge in [-0.05, 0) is 39.5 Å². The van der Waals surface area contributed by atoms with E-state index in [1.807, 2.05) is 23.6 Å². The predicted octanol–water partition coefficient (Wildman–Crippen LogP) is 3.65. The summed E-state index contributed by atoms with van der Waals surface area (Å²) in [4.78, 5) is 23.9. The molecular formula is C20H24F3N5O2. The molecule has 1 atom stereocenters. The van der Waals surface area contributed by atoms with Gasteiger partial charge in [-0.3, -0.25) is 4.79 Å². The Balaban J connectivity index is 1.55. The molecule has 0 aromatic carbocycles. The molecule has 2 fully saturated rings. The van der Waals surface area contributed by atoms with Gasteiger partial charge in [0.25, 0.3) is 0 Å². The molecule has 2 aliphatic heterocycles. The number of hydrogen-bond donors (Lipinski definition) is 0. The molecule has 2 saturated heterocycles. The fourth-order valence-corrected chi connectivity index (χ4v) is 4.62. The van der Waals surface area contributed by atoms with Crippen molar-refractivity contribution in [3.63, 3.8) is 0 Å². The van der Waals surface area contributed by atoms with Gasteiger partial charge in [0.15, 0.2) is 0 Å². The maximum atomic E-state index is 13.0. The van der Waals surface area contributed by atoms with E-state index in [1.165, 1.54) is 0 Å². The molecule has 0 bridgehead atoms. The zero-order valence-corrected chi connectivity index (χ0v) is 17.0. The predicted molar refractivity (Wildman–Crippen MR) is 102 cm³/mol. The van der Waals surface area contributed by atoms with Crippen LogP contribution in [-0.2, 0) is 17.5 Å². The zero-order chi connectivity index (χ0) is 21.5. The van der Waals surface area contributed by atoms with E-state index in [0.29, 0.717) is 38.2 Å². The van der Waals surface area contributed by atoms with Crippen molar-refractivity contribution in [2.24, 2.45) is 0 Å². The number of anilines is 1. The Kier molecular flexibility index (Phi) is 5.19. The number of alkyl halides is 3. The SMILES string of the molecule is Cc1noc(C)c1CN1C(=O)CC[C@]12CCCN(c1cc(C(F)(F)F)ncn1)CC2. The van der Waals surface area contributed by atoms with E-state index >= 15 is 0 Å². The van der Waals surface area contributed by atoms with E-state index in [1.54, 1.807) is 0 Å². The van der Waals surface area contributed by atoms with E-state index in [4.69, 9.17) is 4.52 Å². The minimum atomic E-state index is -4.51. The van der Waals surface area contributed by atoms with Gasteiger partial charge in [0.2, 0.25) is 5.91 Å². The molecule has 4 rings (SSSR count). The highest BCUT2D eigenvalue weighted by Crippen LogP contribution is 2.41. The Morgan fingerprint density at radius 2 is 1.97 bits per heavy atom. The second kappa shape index (κ2) is 7.55. The van der Waals surface area contributed by atoms with Crippen molar-refractivity contribution in [2.75, 3.05) is 18.0 Å². The van der Waals surface area contributed by atoms with E-state index in [0.717, 1.165) is 42.9 Å². The lowest BCUT2D eigenvalue weighted by atomic mass is 9.87. The average Bonchev–Trinajstić information content (AvgIpc) is 3.07. The lowest BCUT2D eigenvalue weighted by Gasteiger charge is -2.38. The van der Waals surface area contributed by atoms with Gasteiger partial charge in [0, 0.05) is 36.7 Å². The molecule has 0 saturated carbocycles. The Hall–Kier alpha value is -2.65. The third-order valence-electron chi connectivity index (χ3n) is 6.36. The minimum Gasteiger partial charge on any atom is -0.361 e. The van der Waals surface area contributed by atoms with Gasteiger partial charge in [0.05, 0.1) is 12.2 Å². The Labute approximate surface area is 172 Å². The quantitative estimate of drug-likeness (QED) is 0.750. The standard InChI is InChI=1S/C20H24F3N5O2/c1-13-15(14(2)30-26-13)11-28-18(29)4-6-19(28)5-3-8-27(9-7-19)17-10-16(20(21,22)23)24-12-25-17/h10,12H,3-9,11H2,1-2H3/t19-/m0/s1. The molecule has 7 nitrogen and oxygen atoms in total. The van der Waals surface area contributed by atoms with Crippen LogP contribution in [0.3, 0.4) is 0 Å². The van der Waals surface area contributed by atoms with E-state index < -0.39 is 11.9 Å². The average molecular weight is 423 g/mol. The van der Waals surface area contributed by atoms with Crippen molar-refractivity contribution >= 4 is 11.7 Å². The molecule has 1 spiro atoms. The molecule has 2 aliphatic rings. The van der Waals surface area contributed by atoms with E-state index in [-0.39, 0.29) is 17.3 Å². The second-order valence-electron chi connectivity index (χ2n) is 8.11. The maximum Gasteiger partial charge on any atom is 0.433 e. The second-order valence-corrected chi connectivity index (χ2v) is 8.11. The van der Waals surface area contributed by atoms with Crippen LogP contribution in [0.5, 0.6) is 0 Å². The summed E-state index contributed by atoms with van der Waals surface area (Å²) in [5.41, 5.74) is 0.458. The van der Waals surface area contributed by atoms with Crippen LogP contribution in [-0.4, -0.2) is 44.6 Å². The number of rotatable bonds is 3. The molecule has 2 aromatic heterocycles. The number of aromatic nitrogens is 3. The molecule has 0 aliphatic carbocycles. The minimum absolute atomic E-state index is 0.102. The van der Waals surface area contributed by atoms with Gasteiger partial charge in [-0.1, -0.05) is 5.16 Å². The molecule has 30 heavy (non-hydrogen) atoms. The van der Waals surface area contributed by atoms with Crippen LogP contribution in [0.15, 0.2) is 16.9 Å². The Morgan fingerprint density at radius 1 is 1.17 bits per heavy atom. The van der Waals surface area contributed by atoms with Gasteiger partial charge >= 0.3 is 6.18 Å². The lowest BCUT2D eigenvalue weighted by Crippen LogP contribution is -2.46. The largest absolute Gasteiger partial charge is 0.433 e. The third-order valence-corrected chi connectivity index (χ3v) is 6.36. The molecule has 162 valence electrons. The first kappa shape index (κ1) is 20.6. The van der Waals surface area contributed by atoms with Crippen molar-refractivity contribution < 1.29 is 22.5 Å². The van der Waals surface area contributed by atoms with Gasteiger partial charge in [-0.25, -0.2) is 9.97 Å². The van der Waals surface area contributed by atoms with Crippen LogP contribution in [0.4, 0.5) is 19.0 Å². The number of carbonyl (C=O) groups is 1. The van der Waals surface area contributed by atoms with Gasteiger partial charge in [0.1, 0.15) is 23.6 Å². The number of aryl methyl sites for hydroxylation is 2. The fraction of sp³-hybridized carbons (Fsp3) is 0.600. The molecule has 0 unspecified atom stereocenters. The number of likely N-dealkylation sites (tertiary alicyclic amines) is 1. The lowest BCUT2D eigenvalue weighted by molar-refractivity contribution is -0.141. The zero-order valence-electron chi connectivity index (χ0n) is 17.0. The Bertz CT molecular complexity index is 925. The first-order valence-electron chi connectivity index (χ1n) is 10.1. The summed E-state index contributed by atoms with van der Waals surface area (Å²) in [5.74, 6) is 1.08. The van der Waals surface area contributed by atoms with Crippen molar-refractivity contribution in [2.45, 2.75) is 64.2 Å². The van der Waals surface area contributed by atoms with E-state index in [2.05, 4.69) is 15.1 Å². The highest BCUT2D eigenvalue weighted by atomic mass is 19.4.